The van der Waals surface area contributed by atoms with Crippen LogP contribution >= 0.6 is 0 Å². The summed E-state index contributed by atoms with van der Waals surface area (Å²) < 4.78 is 0. The number of hydrogen-bond donors (Lipinski definition) is 3. The molecule has 3 atom stereocenters. The van der Waals surface area contributed by atoms with Crippen LogP contribution in [0, 0.1) is 5.92 Å². The maximum Gasteiger partial charge on any atom is 0.237 e. The first-order valence-corrected chi connectivity index (χ1v) is 7.63. The molecule has 1 aromatic heterocycles. The van der Waals surface area contributed by atoms with Gasteiger partial charge in [-0.3, -0.25) is 4.79 Å². The van der Waals surface area contributed by atoms with Gasteiger partial charge >= 0.3 is 0 Å². The quantitative estimate of drug-likeness (QED) is 0.764. The Morgan fingerprint density at radius 3 is 2.76 bits per heavy atom. The number of carbonyl (C=O) groups is 1. The van der Waals surface area contributed by atoms with Gasteiger partial charge in [0.1, 0.15) is 0 Å². The highest BCUT2D eigenvalue weighted by Crippen LogP contribution is 2.18. The summed E-state index contributed by atoms with van der Waals surface area (Å²) in [6.45, 7) is 6.29. The summed E-state index contributed by atoms with van der Waals surface area (Å²) in [5.41, 5.74) is 8.23. The minimum atomic E-state index is -0.518. The zero-order valence-electron chi connectivity index (χ0n) is 13.0. The summed E-state index contributed by atoms with van der Waals surface area (Å²) in [5, 5.41) is 4.15. The van der Waals surface area contributed by atoms with Gasteiger partial charge in [-0.2, -0.15) is 0 Å². The van der Waals surface area contributed by atoms with Gasteiger partial charge in [0.2, 0.25) is 5.91 Å². The average molecular weight is 287 g/mol. The summed E-state index contributed by atoms with van der Waals surface area (Å²) in [6.07, 6.45) is 3.53. The van der Waals surface area contributed by atoms with Crippen LogP contribution in [0.2, 0.25) is 0 Å². The fourth-order valence-corrected chi connectivity index (χ4v) is 2.46. The molecular formula is C17H25N3O. The van der Waals surface area contributed by atoms with Gasteiger partial charge < -0.3 is 16.0 Å². The van der Waals surface area contributed by atoms with Gasteiger partial charge in [-0.15, -0.1) is 0 Å². The Balaban J connectivity index is 2.00. The molecule has 0 bridgehead atoms. The molecule has 21 heavy (non-hydrogen) atoms. The zero-order valence-corrected chi connectivity index (χ0v) is 13.0. The van der Waals surface area contributed by atoms with Crippen molar-refractivity contribution >= 4 is 16.8 Å². The van der Waals surface area contributed by atoms with Crippen molar-refractivity contribution in [3.63, 3.8) is 0 Å². The number of para-hydroxylation sites is 1. The van der Waals surface area contributed by atoms with Crippen LogP contribution in [0.4, 0.5) is 0 Å². The van der Waals surface area contributed by atoms with Crippen LogP contribution in [0.1, 0.15) is 32.8 Å². The summed E-state index contributed by atoms with van der Waals surface area (Å²) in [5.74, 6) is 0.377. The lowest BCUT2D eigenvalue weighted by Crippen LogP contribution is -2.47. The lowest BCUT2D eigenvalue weighted by molar-refractivity contribution is -0.123. The summed E-state index contributed by atoms with van der Waals surface area (Å²) in [4.78, 5) is 15.4. The second-order valence-corrected chi connectivity index (χ2v) is 5.85. The first kappa shape index (κ1) is 15.6. The second kappa shape index (κ2) is 6.76. The maximum absolute atomic E-state index is 12.2. The molecule has 0 radical (unpaired) electrons. The van der Waals surface area contributed by atoms with Crippen molar-refractivity contribution in [1.82, 2.24) is 10.3 Å². The predicted octanol–water partition coefficient (Wildman–Crippen LogP) is 2.59. The lowest BCUT2D eigenvalue weighted by Gasteiger charge is -2.22. The zero-order chi connectivity index (χ0) is 15.4. The smallest absolute Gasteiger partial charge is 0.237 e. The normalized spacial score (nSPS) is 15.6. The van der Waals surface area contributed by atoms with Crippen LogP contribution in [0.3, 0.4) is 0 Å². The highest BCUT2D eigenvalue weighted by Gasteiger charge is 2.19. The molecule has 0 spiro atoms. The van der Waals surface area contributed by atoms with E-state index in [1.54, 1.807) is 0 Å². The number of rotatable bonds is 6. The Bertz CT molecular complexity index is 605. The van der Waals surface area contributed by atoms with Crippen molar-refractivity contribution < 1.29 is 4.79 Å². The van der Waals surface area contributed by atoms with Crippen LogP contribution in [-0.4, -0.2) is 23.0 Å². The monoisotopic (exact) mass is 287 g/mol. The van der Waals surface area contributed by atoms with Crippen LogP contribution in [0.5, 0.6) is 0 Å². The third-order valence-electron chi connectivity index (χ3n) is 4.32. The van der Waals surface area contributed by atoms with Gasteiger partial charge in [0, 0.05) is 23.1 Å². The molecule has 0 saturated heterocycles. The topological polar surface area (TPSA) is 70.9 Å². The fraction of sp³-hybridized carbons (Fsp3) is 0.471. The Morgan fingerprint density at radius 2 is 2.05 bits per heavy atom. The van der Waals surface area contributed by atoms with Gasteiger partial charge in [-0.25, -0.2) is 0 Å². The average Bonchev–Trinajstić information content (AvgIpc) is 2.89. The van der Waals surface area contributed by atoms with Gasteiger partial charge in [-0.1, -0.05) is 38.5 Å². The van der Waals surface area contributed by atoms with Crippen molar-refractivity contribution in [2.75, 3.05) is 0 Å². The largest absolute Gasteiger partial charge is 0.361 e. The van der Waals surface area contributed by atoms with E-state index in [9.17, 15) is 4.79 Å². The number of nitrogens with one attached hydrogen (secondary N) is 2. The molecule has 1 heterocycles. The summed E-state index contributed by atoms with van der Waals surface area (Å²) in [6, 6.07) is 7.69. The molecule has 2 rings (SSSR count). The molecule has 2 aromatic rings. The third kappa shape index (κ3) is 3.64. The molecule has 2 unspecified atom stereocenters. The van der Waals surface area contributed by atoms with Gasteiger partial charge in [0.05, 0.1) is 6.04 Å². The van der Waals surface area contributed by atoms with Crippen molar-refractivity contribution in [3.8, 4) is 0 Å². The number of carbonyl (C=O) groups excluding carboxylic acids is 1. The van der Waals surface area contributed by atoms with Crippen LogP contribution < -0.4 is 11.1 Å². The summed E-state index contributed by atoms with van der Waals surface area (Å²) >= 11 is 0. The SMILES string of the molecule is CCC(C)C(C)NC(=O)[C@H](N)Cc1c[nH]c2ccccc12. The molecule has 0 aliphatic heterocycles. The van der Waals surface area contributed by atoms with E-state index in [1.807, 2.05) is 37.4 Å². The number of aromatic amines is 1. The molecule has 0 aliphatic rings. The molecule has 0 fully saturated rings. The number of hydrogen-bond acceptors (Lipinski definition) is 2. The van der Waals surface area contributed by atoms with Crippen molar-refractivity contribution in [2.24, 2.45) is 11.7 Å². The lowest BCUT2D eigenvalue weighted by atomic mass is 9.99. The first-order chi connectivity index (χ1) is 10.0. The number of benzene rings is 1. The molecule has 1 aromatic carbocycles. The van der Waals surface area contributed by atoms with E-state index in [1.165, 1.54) is 0 Å². The highest BCUT2D eigenvalue weighted by molar-refractivity contribution is 5.86. The minimum Gasteiger partial charge on any atom is -0.361 e. The van der Waals surface area contributed by atoms with E-state index in [0.29, 0.717) is 12.3 Å². The van der Waals surface area contributed by atoms with Crippen LogP contribution in [0.15, 0.2) is 30.5 Å². The number of nitrogens with two attached hydrogens (primary N) is 1. The Morgan fingerprint density at radius 1 is 1.33 bits per heavy atom. The first-order valence-electron chi connectivity index (χ1n) is 7.63. The van der Waals surface area contributed by atoms with E-state index >= 15 is 0 Å². The minimum absolute atomic E-state index is 0.0759. The van der Waals surface area contributed by atoms with Crippen LogP contribution in [0.25, 0.3) is 10.9 Å². The van der Waals surface area contributed by atoms with Gasteiger partial charge in [0.15, 0.2) is 0 Å². The Kier molecular flexibility index (Phi) is 5.02. The summed E-state index contributed by atoms with van der Waals surface area (Å²) in [7, 11) is 0. The van der Waals surface area contributed by atoms with Gasteiger partial charge in [0.25, 0.3) is 0 Å². The predicted molar refractivity (Wildman–Crippen MR) is 87.0 cm³/mol. The molecule has 0 saturated carbocycles. The Hall–Kier alpha value is -1.81. The molecule has 4 heteroatoms. The molecule has 1 amide bonds. The second-order valence-electron chi connectivity index (χ2n) is 5.85. The number of amides is 1. The van der Waals surface area contributed by atoms with E-state index in [2.05, 4.69) is 24.1 Å². The Labute approximate surface area is 126 Å². The van der Waals surface area contributed by atoms with Gasteiger partial charge in [-0.05, 0) is 30.9 Å². The molecule has 0 aliphatic carbocycles. The van der Waals surface area contributed by atoms with E-state index in [-0.39, 0.29) is 11.9 Å². The van der Waals surface area contributed by atoms with Crippen molar-refractivity contribution in [1.29, 1.82) is 0 Å². The van der Waals surface area contributed by atoms with Crippen LogP contribution in [-0.2, 0) is 11.2 Å². The molecule has 4 nitrogen and oxygen atoms in total. The highest BCUT2D eigenvalue weighted by atomic mass is 16.2. The van der Waals surface area contributed by atoms with E-state index in [4.69, 9.17) is 5.73 Å². The number of H-pyrrole nitrogens is 1. The standard InChI is InChI=1S/C17H25N3O/c1-4-11(2)12(3)20-17(21)15(18)9-13-10-19-16-8-6-5-7-14(13)16/h5-8,10-12,15,19H,4,9,18H2,1-3H3,(H,20,21)/t11?,12?,15-/m1/s1. The number of fused-ring (bicyclic) bond motifs is 1. The third-order valence-corrected chi connectivity index (χ3v) is 4.32. The molecular weight excluding hydrogens is 262 g/mol. The molecule has 114 valence electrons. The van der Waals surface area contributed by atoms with E-state index in [0.717, 1.165) is 22.9 Å². The maximum atomic E-state index is 12.2. The van der Waals surface area contributed by atoms with E-state index < -0.39 is 6.04 Å². The number of aromatic nitrogens is 1. The van der Waals surface area contributed by atoms with Crippen molar-refractivity contribution in [2.45, 2.75) is 45.7 Å². The molecule has 4 N–H and O–H groups in total. The fourth-order valence-electron chi connectivity index (χ4n) is 2.46. The van der Waals surface area contributed by atoms with Crippen molar-refractivity contribution in [3.05, 3.63) is 36.0 Å².